The topological polar surface area (TPSA) is 55.4 Å². The number of carbonyl (C=O) groups excluding carboxylic acids is 2. The third kappa shape index (κ3) is 3.83. The third-order valence-electron chi connectivity index (χ3n) is 4.00. The maximum absolute atomic E-state index is 11.7. The SMILES string of the molecule is CC(=O)S[C@H]1NC(=O)[C@@H]1[C@@H](C)O[Si](C)(C)C(C)(C)C. The normalized spacial score (nSPS) is 25.5. The lowest BCUT2D eigenvalue weighted by Crippen LogP contribution is -2.62. The molecular weight excluding hydrogens is 278 g/mol. The van der Waals surface area contributed by atoms with Crippen LogP contribution in [0.2, 0.25) is 18.1 Å². The van der Waals surface area contributed by atoms with Crippen molar-refractivity contribution in [2.24, 2.45) is 5.92 Å². The molecule has 3 atom stereocenters. The van der Waals surface area contributed by atoms with Crippen LogP contribution in [0, 0.1) is 5.92 Å². The van der Waals surface area contributed by atoms with Crippen molar-refractivity contribution in [1.82, 2.24) is 5.32 Å². The Morgan fingerprint density at radius 2 is 1.95 bits per heavy atom. The molecule has 1 aliphatic rings. The molecular formula is C13H25NO3SSi. The van der Waals surface area contributed by atoms with Crippen LogP contribution in [0.5, 0.6) is 0 Å². The molecule has 1 rings (SSSR count). The van der Waals surface area contributed by atoms with Crippen molar-refractivity contribution in [3.63, 3.8) is 0 Å². The van der Waals surface area contributed by atoms with Crippen molar-refractivity contribution in [2.75, 3.05) is 0 Å². The summed E-state index contributed by atoms with van der Waals surface area (Å²) in [4.78, 5) is 22.8. The van der Waals surface area contributed by atoms with Crippen LogP contribution in [0.3, 0.4) is 0 Å². The lowest BCUT2D eigenvalue weighted by molar-refractivity contribution is -0.136. The Kier molecular flexibility index (Phi) is 4.91. The fraction of sp³-hybridized carbons (Fsp3) is 0.846. The zero-order chi connectivity index (χ0) is 15.0. The summed E-state index contributed by atoms with van der Waals surface area (Å²) >= 11 is 1.18. The second-order valence-electron chi connectivity index (χ2n) is 6.65. The first kappa shape index (κ1) is 16.7. The number of nitrogens with one attached hydrogen (secondary N) is 1. The summed E-state index contributed by atoms with van der Waals surface area (Å²) in [5.41, 5.74) is 0. The summed E-state index contributed by atoms with van der Waals surface area (Å²) < 4.78 is 6.24. The highest BCUT2D eigenvalue weighted by molar-refractivity contribution is 8.14. The van der Waals surface area contributed by atoms with Gasteiger partial charge in [0.15, 0.2) is 13.4 Å². The van der Waals surface area contributed by atoms with Crippen LogP contribution in [0.15, 0.2) is 0 Å². The van der Waals surface area contributed by atoms with Gasteiger partial charge in [-0.25, -0.2) is 0 Å². The van der Waals surface area contributed by atoms with Crippen molar-refractivity contribution >= 4 is 31.1 Å². The molecule has 4 nitrogen and oxygen atoms in total. The highest BCUT2D eigenvalue weighted by Gasteiger charge is 2.48. The van der Waals surface area contributed by atoms with Crippen LogP contribution >= 0.6 is 11.8 Å². The molecule has 0 aromatic heterocycles. The zero-order valence-corrected chi connectivity index (χ0v) is 14.7. The molecule has 0 aromatic rings. The summed E-state index contributed by atoms with van der Waals surface area (Å²) in [7, 11) is -1.89. The largest absolute Gasteiger partial charge is 0.413 e. The van der Waals surface area contributed by atoms with Gasteiger partial charge >= 0.3 is 0 Å². The highest BCUT2D eigenvalue weighted by atomic mass is 32.2. The van der Waals surface area contributed by atoms with E-state index in [1.165, 1.54) is 18.7 Å². The quantitative estimate of drug-likeness (QED) is 0.641. The average molecular weight is 304 g/mol. The highest BCUT2D eigenvalue weighted by Crippen LogP contribution is 2.40. The van der Waals surface area contributed by atoms with Gasteiger partial charge in [-0.3, -0.25) is 9.59 Å². The minimum absolute atomic E-state index is 0.00930. The first-order valence-electron chi connectivity index (χ1n) is 6.61. The summed E-state index contributed by atoms with van der Waals surface area (Å²) in [5.74, 6) is -0.229. The molecule has 0 spiro atoms. The molecule has 19 heavy (non-hydrogen) atoms. The second kappa shape index (κ2) is 5.58. The molecule has 1 N–H and O–H groups in total. The number of amides is 1. The van der Waals surface area contributed by atoms with Gasteiger partial charge in [-0.15, -0.1) is 0 Å². The van der Waals surface area contributed by atoms with Gasteiger partial charge in [0, 0.05) is 6.92 Å². The van der Waals surface area contributed by atoms with Crippen molar-refractivity contribution in [3.05, 3.63) is 0 Å². The molecule has 0 aromatic carbocycles. The van der Waals surface area contributed by atoms with E-state index in [-0.39, 0.29) is 33.5 Å². The van der Waals surface area contributed by atoms with Gasteiger partial charge in [-0.05, 0) is 25.1 Å². The lowest BCUT2D eigenvalue weighted by atomic mass is 9.96. The lowest BCUT2D eigenvalue weighted by Gasteiger charge is -2.44. The summed E-state index contributed by atoms with van der Waals surface area (Å²) in [6, 6.07) is 0. The Balaban J connectivity index is 2.69. The predicted molar refractivity (Wildman–Crippen MR) is 81.4 cm³/mol. The summed E-state index contributed by atoms with van der Waals surface area (Å²) in [5, 5.41) is 2.77. The molecule has 1 heterocycles. The van der Waals surface area contributed by atoms with Gasteiger partial charge in [-0.1, -0.05) is 32.5 Å². The van der Waals surface area contributed by atoms with E-state index in [0.29, 0.717) is 0 Å². The Labute approximate surface area is 121 Å². The maximum Gasteiger partial charge on any atom is 0.229 e. The van der Waals surface area contributed by atoms with Crippen LogP contribution in [-0.2, 0) is 14.0 Å². The Morgan fingerprint density at radius 1 is 1.42 bits per heavy atom. The van der Waals surface area contributed by atoms with Crippen molar-refractivity contribution in [1.29, 1.82) is 0 Å². The summed E-state index contributed by atoms with van der Waals surface area (Å²) in [6.45, 7) is 14.3. The van der Waals surface area contributed by atoms with E-state index in [9.17, 15) is 9.59 Å². The van der Waals surface area contributed by atoms with E-state index in [4.69, 9.17) is 4.43 Å². The van der Waals surface area contributed by atoms with Crippen molar-refractivity contribution < 1.29 is 14.0 Å². The van der Waals surface area contributed by atoms with Gasteiger partial charge in [0.25, 0.3) is 0 Å². The molecule has 6 heteroatoms. The average Bonchev–Trinajstić information content (AvgIpc) is 2.12. The van der Waals surface area contributed by atoms with E-state index in [1.54, 1.807) is 0 Å². The molecule has 1 aliphatic heterocycles. The fourth-order valence-electron chi connectivity index (χ4n) is 1.82. The van der Waals surface area contributed by atoms with Crippen LogP contribution < -0.4 is 5.32 Å². The van der Waals surface area contributed by atoms with Gasteiger partial charge in [-0.2, -0.15) is 0 Å². The predicted octanol–water partition coefficient (Wildman–Crippen LogP) is 2.75. The molecule has 0 bridgehead atoms. The minimum atomic E-state index is -1.89. The molecule has 0 aliphatic carbocycles. The van der Waals surface area contributed by atoms with E-state index < -0.39 is 8.32 Å². The Hall–Kier alpha value is -0.333. The van der Waals surface area contributed by atoms with E-state index >= 15 is 0 Å². The number of hydrogen-bond donors (Lipinski definition) is 1. The van der Waals surface area contributed by atoms with Gasteiger partial charge < -0.3 is 9.74 Å². The number of thioether (sulfide) groups is 1. The fourth-order valence-corrected chi connectivity index (χ4v) is 4.28. The molecule has 1 amide bonds. The smallest absolute Gasteiger partial charge is 0.229 e. The summed E-state index contributed by atoms with van der Waals surface area (Å²) in [6.07, 6.45) is -0.147. The minimum Gasteiger partial charge on any atom is -0.413 e. The van der Waals surface area contributed by atoms with Crippen molar-refractivity contribution in [2.45, 2.75) is 64.2 Å². The molecule has 110 valence electrons. The van der Waals surface area contributed by atoms with Crippen LogP contribution in [-0.4, -0.2) is 30.8 Å². The third-order valence-corrected chi connectivity index (χ3v) is 9.57. The maximum atomic E-state index is 11.7. The zero-order valence-electron chi connectivity index (χ0n) is 12.9. The number of rotatable bonds is 4. The molecule has 0 saturated carbocycles. The number of carbonyl (C=O) groups is 2. The van der Waals surface area contributed by atoms with E-state index in [0.717, 1.165) is 0 Å². The first-order chi connectivity index (χ1) is 8.45. The van der Waals surface area contributed by atoms with Crippen LogP contribution in [0.4, 0.5) is 0 Å². The molecule has 1 fully saturated rings. The van der Waals surface area contributed by atoms with Crippen molar-refractivity contribution in [3.8, 4) is 0 Å². The Bertz CT molecular complexity index is 379. The van der Waals surface area contributed by atoms with E-state index in [1.807, 2.05) is 6.92 Å². The van der Waals surface area contributed by atoms with Gasteiger partial charge in [0.2, 0.25) is 5.91 Å². The van der Waals surface area contributed by atoms with E-state index in [2.05, 4.69) is 39.2 Å². The molecule has 1 saturated heterocycles. The van der Waals surface area contributed by atoms with Crippen LogP contribution in [0.25, 0.3) is 0 Å². The van der Waals surface area contributed by atoms with Crippen LogP contribution in [0.1, 0.15) is 34.6 Å². The first-order valence-corrected chi connectivity index (χ1v) is 10.4. The van der Waals surface area contributed by atoms with Gasteiger partial charge in [0.05, 0.1) is 17.4 Å². The molecule has 0 radical (unpaired) electrons. The number of hydrogen-bond acceptors (Lipinski definition) is 4. The second-order valence-corrected chi connectivity index (χ2v) is 12.7. The number of β-lactam (4-membered cyclic amide) rings is 1. The van der Waals surface area contributed by atoms with Gasteiger partial charge in [0.1, 0.15) is 0 Å². The Morgan fingerprint density at radius 3 is 2.32 bits per heavy atom. The monoisotopic (exact) mass is 303 g/mol. The standard InChI is InChI=1S/C13H25NO3SSi/c1-8(17-19(6,7)13(3,4)5)10-11(16)14-12(10)18-9(2)15/h8,10,12H,1-7H3,(H,14,16)/t8-,10+,12-/m1/s1. The molecule has 0 unspecified atom stereocenters.